The van der Waals surface area contributed by atoms with Gasteiger partial charge in [-0.15, -0.1) is 0 Å². The van der Waals surface area contributed by atoms with Gasteiger partial charge in [-0.25, -0.2) is 9.97 Å². The van der Waals surface area contributed by atoms with Gasteiger partial charge in [0.15, 0.2) is 5.82 Å². The molecule has 24 heavy (non-hydrogen) atoms. The van der Waals surface area contributed by atoms with Gasteiger partial charge >= 0.3 is 0 Å². The highest BCUT2D eigenvalue weighted by Gasteiger charge is 2.26. The number of likely N-dealkylation sites (tertiary alicyclic amines) is 1. The van der Waals surface area contributed by atoms with Crippen LogP contribution in [-0.4, -0.2) is 45.4 Å². The Morgan fingerprint density at radius 2 is 2.00 bits per heavy atom. The first-order valence-corrected chi connectivity index (χ1v) is 8.51. The minimum absolute atomic E-state index is 0.221. The number of nitrogens with one attached hydrogen (secondary N) is 1. The summed E-state index contributed by atoms with van der Waals surface area (Å²) in [6.07, 6.45) is 8.14. The van der Waals surface area contributed by atoms with Crippen LogP contribution in [0.15, 0.2) is 24.5 Å². The number of piperidine rings is 1. The van der Waals surface area contributed by atoms with E-state index in [4.69, 9.17) is 9.97 Å². The summed E-state index contributed by atoms with van der Waals surface area (Å²) in [6, 6.07) is 4.12. The lowest BCUT2D eigenvalue weighted by Crippen LogP contribution is -2.43. The second-order valence-electron chi connectivity index (χ2n) is 6.56. The van der Waals surface area contributed by atoms with Crippen molar-refractivity contribution >= 4 is 11.7 Å². The third-order valence-corrected chi connectivity index (χ3v) is 4.84. The van der Waals surface area contributed by atoms with Crippen molar-refractivity contribution in [3.05, 3.63) is 35.8 Å². The van der Waals surface area contributed by atoms with E-state index in [1.807, 2.05) is 19.2 Å². The molecule has 0 radical (unpaired) electrons. The zero-order valence-corrected chi connectivity index (χ0v) is 13.8. The van der Waals surface area contributed by atoms with Crippen LogP contribution in [0, 0.1) is 0 Å². The van der Waals surface area contributed by atoms with E-state index in [0.717, 1.165) is 55.1 Å². The fourth-order valence-electron chi connectivity index (χ4n) is 3.51. The Morgan fingerprint density at radius 3 is 2.79 bits per heavy atom. The third kappa shape index (κ3) is 2.84. The molecule has 6 heteroatoms. The molecule has 1 aliphatic carbocycles. The second kappa shape index (κ2) is 6.19. The number of fused-ring (bicyclic) bond motifs is 1. The molecule has 1 amide bonds. The van der Waals surface area contributed by atoms with E-state index >= 15 is 0 Å². The first kappa shape index (κ1) is 15.1. The quantitative estimate of drug-likeness (QED) is 0.936. The molecule has 0 aromatic carbocycles. The Hall–Kier alpha value is -2.50. The van der Waals surface area contributed by atoms with Crippen LogP contribution in [0.3, 0.4) is 0 Å². The van der Waals surface area contributed by atoms with Gasteiger partial charge in [0.05, 0.1) is 0 Å². The van der Waals surface area contributed by atoms with Crippen molar-refractivity contribution in [2.24, 2.45) is 0 Å². The number of hydrogen-bond donors (Lipinski definition) is 1. The van der Waals surface area contributed by atoms with Gasteiger partial charge in [0.1, 0.15) is 5.82 Å². The predicted octanol–water partition coefficient (Wildman–Crippen LogP) is 2.06. The van der Waals surface area contributed by atoms with Gasteiger partial charge in [-0.2, -0.15) is 0 Å². The minimum atomic E-state index is 0.221. The lowest BCUT2D eigenvalue weighted by molar-refractivity contribution is -0.132. The van der Waals surface area contributed by atoms with E-state index in [-0.39, 0.29) is 11.9 Å². The number of aryl methyl sites for hydroxylation is 1. The normalized spacial score (nSPS) is 20.1. The van der Waals surface area contributed by atoms with Crippen LogP contribution in [0.5, 0.6) is 0 Å². The molecule has 3 heterocycles. The molecule has 2 aliphatic rings. The topological polar surface area (TPSA) is 71.0 Å². The van der Waals surface area contributed by atoms with Crippen molar-refractivity contribution < 1.29 is 4.79 Å². The fourth-order valence-corrected chi connectivity index (χ4v) is 3.51. The van der Waals surface area contributed by atoms with Crippen LogP contribution in [0.1, 0.15) is 30.5 Å². The summed E-state index contributed by atoms with van der Waals surface area (Å²) in [6.45, 7) is 0.724. The molecule has 2 aromatic rings. The van der Waals surface area contributed by atoms with Gasteiger partial charge in [-0.1, -0.05) is 0 Å². The van der Waals surface area contributed by atoms with Crippen LogP contribution < -0.4 is 5.32 Å². The van der Waals surface area contributed by atoms with E-state index in [9.17, 15) is 4.79 Å². The molecule has 1 atom stereocenters. The largest absolute Gasteiger partial charge is 0.365 e. The van der Waals surface area contributed by atoms with Crippen molar-refractivity contribution in [1.29, 1.82) is 0 Å². The monoisotopic (exact) mass is 323 g/mol. The summed E-state index contributed by atoms with van der Waals surface area (Å²) in [5.41, 5.74) is 3.38. The number of aromatic nitrogens is 3. The Balaban J connectivity index is 1.65. The minimum Gasteiger partial charge on any atom is -0.365 e. The number of amides is 1. The number of nitrogens with zero attached hydrogens (tertiary/aromatic N) is 4. The second-order valence-corrected chi connectivity index (χ2v) is 6.56. The molecular weight excluding hydrogens is 302 g/mol. The van der Waals surface area contributed by atoms with Crippen LogP contribution in [0.2, 0.25) is 0 Å². The molecule has 2 aromatic heterocycles. The van der Waals surface area contributed by atoms with Crippen molar-refractivity contribution in [2.45, 2.75) is 38.1 Å². The lowest BCUT2D eigenvalue weighted by Gasteiger charge is -2.31. The standard InChI is InChI=1S/C18H21N5O/c1-23-11-13(5-6-16(23)24)20-18-14-3-2-4-15(14)21-17(22-18)12-7-9-19-10-8-12/h7-10,13H,2-6,11H2,1H3,(H,20,21,22)/t13-/m0/s1. The molecule has 0 spiro atoms. The molecule has 1 saturated heterocycles. The number of hydrogen-bond acceptors (Lipinski definition) is 5. The summed E-state index contributed by atoms with van der Waals surface area (Å²) in [5, 5.41) is 3.58. The first-order valence-electron chi connectivity index (χ1n) is 8.51. The fraction of sp³-hybridized carbons (Fsp3) is 0.444. The van der Waals surface area contributed by atoms with Gasteiger partial charge in [-0.05, 0) is 37.8 Å². The number of likely N-dealkylation sites (N-methyl/N-ethyl adjacent to an activating group) is 1. The van der Waals surface area contributed by atoms with E-state index in [2.05, 4.69) is 10.3 Å². The molecule has 0 saturated carbocycles. The van der Waals surface area contributed by atoms with Crippen molar-refractivity contribution in [3.8, 4) is 11.4 Å². The summed E-state index contributed by atoms with van der Waals surface area (Å²) < 4.78 is 0. The summed E-state index contributed by atoms with van der Waals surface area (Å²) >= 11 is 0. The molecule has 1 fully saturated rings. The van der Waals surface area contributed by atoms with Gasteiger partial charge in [0.25, 0.3) is 0 Å². The molecule has 124 valence electrons. The number of carbonyl (C=O) groups excluding carboxylic acids is 1. The summed E-state index contributed by atoms with van der Waals surface area (Å²) in [4.78, 5) is 27.1. The summed E-state index contributed by atoms with van der Waals surface area (Å²) in [5.74, 6) is 1.91. The SMILES string of the molecule is CN1C[C@@H](Nc2nc(-c3ccncc3)nc3c2CCC3)CCC1=O. The Morgan fingerprint density at radius 1 is 1.17 bits per heavy atom. The molecule has 0 bridgehead atoms. The Labute approximate surface area is 141 Å². The van der Waals surface area contributed by atoms with Crippen LogP contribution in [0.4, 0.5) is 5.82 Å². The third-order valence-electron chi connectivity index (χ3n) is 4.84. The van der Waals surface area contributed by atoms with Crippen LogP contribution >= 0.6 is 0 Å². The Bertz CT molecular complexity index is 762. The maximum absolute atomic E-state index is 11.7. The molecule has 0 unspecified atom stereocenters. The highest BCUT2D eigenvalue weighted by atomic mass is 16.2. The zero-order chi connectivity index (χ0) is 16.5. The van der Waals surface area contributed by atoms with Crippen molar-refractivity contribution in [2.75, 3.05) is 18.9 Å². The van der Waals surface area contributed by atoms with Crippen molar-refractivity contribution in [1.82, 2.24) is 19.9 Å². The highest BCUT2D eigenvalue weighted by Crippen LogP contribution is 2.30. The average molecular weight is 323 g/mol. The van der Waals surface area contributed by atoms with Gasteiger partial charge < -0.3 is 10.2 Å². The number of pyridine rings is 1. The smallest absolute Gasteiger partial charge is 0.222 e. The molecule has 1 N–H and O–H groups in total. The van der Waals surface area contributed by atoms with Crippen molar-refractivity contribution in [3.63, 3.8) is 0 Å². The molecular formula is C18H21N5O. The maximum Gasteiger partial charge on any atom is 0.222 e. The maximum atomic E-state index is 11.7. The van der Waals surface area contributed by atoms with Gasteiger partial charge in [0, 0.05) is 55.3 Å². The molecule has 6 nitrogen and oxygen atoms in total. The number of carbonyl (C=O) groups is 1. The lowest BCUT2D eigenvalue weighted by atomic mass is 10.1. The van der Waals surface area contributed by atoms with Gasteiger partial charge in [-0.3, -0.25) is 9.78 Å². The molecule has 1 aliphatic heterocycles. The highest BCUT2D eigenvalue weighted by molar-refractivity contribution is 5.77. The van der Waals surface area contributed by atoms with E-state index in [1.54, 1.807) is 17.3 Å². The predicted molar refractivity (Wildman–Crippen MR) is 91.6 cm³/mol. The number of rotatable bonds is 3. The van der Waals surface area contributed by atoms with E-state index in [0.29, 0.717) is 6.42 Å². The molecule has 4 rings (SSSR count). The average Bonchev–Trinajstić information content (AvgIpc) is 3.08. The zero-order valence-electron chi connectivity index (χ0n) is 13.8. The van der Waals surface area contributed by atoms with Gasteiger partial charge in [0.2, 0.25) is 5.91 Å². The first-order chi connectivity index (χ1) is 11.7. The van der Waals surface area contributed by atoms with E-state index in [1.165, 1.54) is 5.56 Å². The number of anilines is 1. The van der Waals surface area contributed by atoms with Crippen LogP contribution in [0.25, 0.3) is 11.4 Å². The summed E-state index contributed by atoms with van der Waals surface area (Å²) in [7, 11) is 1.86. The van der Waals surface area contributed by atoms with Crippen LogP contribution in [-0.2, 0) is 17.6 Å². The Kier molecular flexibility index (Phi) is 3.88. The van der Waals surface area contributed by atoms with E-state index < -0.39 is 0 Å².